The monoisotopic (exact) mass is 219 g/mol. The number of aromatic nitrogens is 3. The Morgan fingerprint density at radius 3 is 2.75 bits per heavy atom. The van der Waals surface area contributed by atoms with Crippen LogP contribution in [-0.2, 0) is 0 Å². The Morgan fingerprint density at radius 2 is 2.12 bits per heavy atom. The van der Waals surface area contributed by atoms with Crippen molar-refractivity contribution < 1.29 is 4.39 Å². The second kappa shape index (κ2) is 3.84. The minimum absolute atomic E-state index is 0.0713. The van der Waals surface area contributed by atoms with E-state index in [1.165, 1.54) is 6.92 Å². The molecule has 2 rings (SSSR count). The number of hydrogen-bond acceptors (Lipinski definition) is 3. The van der Waals surface area contributed by atoms with Gasteiger partial charge < -0.3 is 4.98 Å². The molecule has 0 aromatic carbocycles. The van der Waals surface area contributed by atoms with Gasteiger partial charge in [0, 0.05) is 6.20 Å². The largest absolute Gasteiger partial charge is 0.303 e. The molecule has 2 aromatic rings. The molecule has 4 nitrogen and oxygen atoms in total. The van der Waals surface area contributed by atoms with Gasteiger partial charge in [0.05, 0.1) is 5.69 Å². The van der Waals surface area contributed by atoms with Gasteiger partial charge >= 0.3 is 0 Å². The van der Waals surface area contributed by atoms with Gasteiger partial charge in [-0.05, 0) is 31.5 Å². The molecule has 16 heavy (non-hydrogen) atoms. The van der Waals surface area contributed by atoms with E-state index in [9.17, 15) is 9.18 Å². The van der Waals surface area contributed by atoms with Crippen LogP contribution < -0.4 is 5.56 Å². The third-order valence-corrected chi connectivity index (χ3v) is 2.19. The fourth-order valence-electron chi connectivity index (χ4n) is 1.36. The Hall–Kier alpha value is -2.04. The smallest absolute Gasteiger partial charge is 0.287 e. The van der Waals surface area contributed by atoms with Crippen molar-refractivity contribution in [2.24, 2.45) is 0 Å². The van der Waals surface area contributed by atoms with Gasteiger partial charge in [-0.2, -0.15) is 4.39 Å². The van der Waals surface area contributed by atoms with Crippen molar-refractivity contribution in [1.29, 1.82) is 0 Å². The van der Waals surface area contributed by atoms with Crippen LogP contribution >= 0.6 is 0 Å². The normalized spacial score (nSPS) is 10.4. The van der Waals surface area contributed by atoms with Crippen molar-refractivity contribution >= 4 is 0 Å². The summed E-state index contributed by atoms with van der Waals surface area (Å²) in [6, 6.07) is 3.60. The first kappa shape index (κ1) is 10.5. The van der Waals surface area contributed by atoms with Crippen LogP contribution in [0.25, 0.3) is 11.5 Å². The lowest BCUT2D eigenvalue weighted by molar-refractivity contribution is 0.589. The minimum atomic E-state index is -0.851. The van der Waals surface area contributed by atoms with Crippen LogP contribution in [0.1, 0.15) is 11.3 Å². The Balaban J connectivity index is 2.61. The van der Waals surface area contributed by atoms with E-state index in [0.717, 1.165) is 5.56 Å². The van der Waals surface area contributed by atoms with Gasteiger partial charge in [0.25, 0.3) is 5.56 Å². The maximum absolute atomic E-state index is 13.1. The highest BCUT2D eigenvalue weighted by atomic mass is 19.1. The van der Waals surface area contributed by atoms with E-state index in [4.69, 9.17) is 0 Å². The van der Waals surface area contributed by atoms with E-state index in [0.29, 0.717) is 5.69 Å². The first-order chi connectivity index (χ1) is 7.58. The van der Waals surface area contributed by atoms with E-state index in [1.807, 2.05) is 13.0 Å². The van der Waals surface area contributed by atoms with Crippen LogP contribution in [-0.4, -0.2) is 15.0 Å². The molecule has 0 radical (unpaired) electrons. The van der Waals surface area contributed by atoms with Gasteiger partial charge in [0.1, 0.15) is 5.69 Å². The lowest BCUT2D eigenvalue weighted by atomic mass is 10.2. The summed E-state index contributed by atoms with van der Waals surface area (Å²) in [5, 5.41) is 0. The van der Waals surface area contributed by atoms with Crippen molar-refractivity contribution in [2.75, 3.05) is 0 Å². The zero-order chi connectivity index (χ0) is 11.7. The van der Waals surface area contributed by atoms with Crippen LogP contribution in [0.5, 0.6) is 0 Å². The van der Waals surface area contributed by atoms with Gasteiger partial charge in [-0.25, -0.2) is 4.98 Å². The minimum Gasteiger partial charge on any atom is -0.303 e. The zero-order valence-corrected chi connectivity index (χ0v) is 8.91. The number of halogens is 1. The molecule has 0 aliphatic heterocycles. The van der Waals surface area contributed by atoms with Crippen molar-refractivity contribution in [3.63, 3.8) is 0 Å². The van der Waals surface area contributed by atoms with Crippen molar-refractivity contribution in [3.8, 4) is 11.5 Å². The van der Waals surface area contributed by atoms with Crippen LogP contribution in [0.3, 0.4) is 0 Å². The number of nitrogens with zero attached hydrogens (tertiary/aromatic N) is 2. The summed E-state index contributed by atoms with van der Waals surface area (Å²) in [7, 11) is 0. The zero-order valence-electron chi connectivity index (χ0n) is 8.91. The fraction of sp³-hybridized carbons (Fsp3) is 0.182. The Bertz CT molecular complexity index is 592. The summed E-state index contributed by atoms with van der Waals surface area (Å²) >= 11 is 0. The maximum atomic E-state index is 13.1. The van der Waals surface area contributed by atoms with E-state index >= 15 is 0 Å². The highest BCUT2D eigenvalue weighted by molar-refractivity contribution is 5.49. The average molecular weight is 219 g/mol. The molecule has 0 bridgehead atoms. The number of aryl methyl sites for hydroxylation is 2. The molecule has 0 saturated carbocycles. The molecule has 0 saturated heterocycles. The van der Waals surface area contributed by atoms with Crippen LogP contribution in [0.15, 0.2) is 23.1 Å². The second-order valence-corrected chi connectivity index (χ2v) is 3.53. The molecule has 0 aliphatic carbocycles. The number of pyridine rings is 1. The van der Waals surface area contributed by atoms with Gasteiger partial charge in [0.15, 0.2) is 5.82 Å². The summed E-state index contributed by atoms with van der Waals surface area (Å²) in [6.07, 6.45) is 1.61. The van der Waals surface area contributed by atoms with Gasteiger partial charge in [0.2, 0.25) is 5.82 Å². The highest BCUT2D eigenvalue weighted by Gasteiger charge is 2.09. The molecule has 0 spiro atoms. The number of hydrogen-bond donors (Lipinski definition) is 1. The van der Waals surface area contributed by atoms with Crippen molar-refractivity contribution in [2.45, 2.75) is 13.8 Å². The van der Waals surface area contributed by atoms with Crippen LogP contribution in [0, 0.1) is 19.7 Å². The molecular formula is C11H10FN3O. The molecule has 5 heteroatoms. The molecule has 82 valence electrons. The summed E-state index contributed by atoms with van der Waals surface area (Å²) in [6.45, 7) is 3.35. The van der Waals surface area contributed by atoms with E-state index in [2.05, 4.69) is 15.0 Å². The maximum Gasteiger partial charge on any atom is 0.287 e. The molecule has 1 N–H and O–H groups in total. The SMILES string of the molecule is Cc1ccnc(-c2nc(C)c(F)c(=O)[nH]2)c1. The first-order valence-corrected chi connectivity index (χ1v) is 4.77. The third-order valence-electron chi connectivity index (χ3n) is 2.19. The molecule has 0 amide bonds. The predicted molar refractivity (Wildman–Crippen MR) is 57.5 cm³/mol. The number of aromatic amines is 1. The highest BCUT2D eigenvalue weighted by Crippen LogP contribution is 2.12. The molecule has 0 unspecified atom stereocenters. The number of H-pyrrole nitrogens is 1. The van der Waals surface area contributed by atoms with Gasteiger partial charge in [-0.3, -0.25) is 9.78 Å². The van der Waals surface area contributed by atoms with Gasteiger partial charge in [-0.1, -0.05) is 0 Å². The van der Waals surface area contributed by atoms with Crippen LogP contribution in [0.4, 0.5) is 4.39 Å². The van der Waals surface area contributed by atoms with E-state index in [-0.39, 0.29) is 11.5 Å². The molecule has 0 atom stereocenters. The summed E-state index contributed by atoms with van der Waals surface area (Å²) in [4.78, 5) is 21.6. The molecule has 2 heterocycles. The van der Waals surface area contributed by atoms with Crippen molar-refractivity contribution in [3.05, 3.63) is 45.8 Å². The number of nitrogens with one attached hydrogen (secondary N) is 1. The Morgan fingerprint density at radius 1 is 1.38 bits per heavy atom. The quantitative estimate of drug-likeness (QED) is 0.792. The lowest BCUT2D eigenvalue weighted by Crippen LogP contribution is -2.15. The Kier molecular flexibility index (Phi) is 2.52. The van der Waals surface area contributed by atoms with E-state index in [1.54, 1.807) is 12.3 Å². The number of rotatable bonds is 1. The lowest BCUT2D eigenvalue weighted by Gasteiger charge is -2.02. The summed E-state index contributed by atoms with van der Waals surface area (Å²) in [5.74, 6) is -0.566. The summed E-state index contributed by atoms with van der Waals surface area (Å²) < 4.78 is 13.1. The topological polar surface area (TPSA) is 58.6 Å². The summed E-state index contributed by atoms with van der Waals surface area (Å²) in [5.41, 5.74) is 0.822. The second-order valence-electron chi connectivity index (χ2n) is 3.53. The third kappa shape index (κ3) is 1.84. The van der Waals surface area contributed by atoms with Crippen molar-refractivity contribution in [1.82, 2.24) is 15.0 Å². The first-order valence-electron chi connectivity index (χ1n) is 4.77. The molecular weight excluding hydrogens is 209 g/mol. The fourth-order valence-corrected chi connectivity index (χ4v) is 1.36. The Labute approximate surface area is 91.2 Å². The predicted octanol–water partition coefficient (Wildman–Crippen LogP) is 1.59. The molecule has 0 fully saturated rings. The van der Waals surface area contributed by atoms with E-state index < -0.39 is 11.4 Å². The van der Waals surface area contributed by atoms with Gasteiger partial charge in [-0.15, -0.1) is 0 Å². The standard InChI is InChI=1S/C11H10FN3O/c1-6-3-4-13-8(5-6)10-14-7(2)9(12)11(16)15-10/h3-5H,1-2H3,(H,14,15,16). The molecule has 0 aliphatic rings. The molecule has 2 aromatic heterocycles. The average Bonchev–Trinajstić information content (AvgIpc) is 2.25. The van der Waals surface area contributed by atoms with Crippen LogP contribution in [0.2, 0.25) is 0 Å².